The summed E-state index contributed by atoms with van der Waals surface area (Å²) in [6, 6.07) is 10.4. The van der Waals surface area contributed by atoms with E-state index in [0.29, 0.717) is 31.7 Å². The molecule has 0 fully saturated rings. The van der Waals surface area contributed by atoms with Gasteiger partial charge in [-0.2, -0.15) is 0 Å². The normalized spacial score (nSPS) is 11.3. The molecule has 0 radical (unpaired) electrons. The Hall–Kier alpha value is -2.35. The molecule has 0 saturated carbocycles. The number of benzene rings is 1. The van der Waals surface area contributed by atoms with Crippen LogP contribution in [0, 0.1) is 13.8 Å². The molecule has 1 aromatic carbocycles. The van der Waals surface area contributed by atoms with E-state index in [1.807, 2.05) is 19.9 Å². The number of aromatic nitrogens is 2. The summed E-state index contributed by atoms with van der Waals surface area (Å²) in [5.74, 6) is 0.772. The molecule has 29 heavy (non-hydrogen) atoms. The number of fused-ring (bicyclic) bond motifs is 1. The molecule has 0 atom stereocenters. The molecule has 8 heteroatoms. The lowest BCUT2D eigenvalue weighted by Crippen LogP contribution is -2.24. The van der Waals surface area contributed by atoms with Crippen molar-refractivity contribution in [3.63, 3.8) is 0 Å². The maximum absolute atomic E-state index is 13.2. The fourth-order valence-electron chi connectivity index (χ4n) is 2.97. The van der Waals surface area contributed by atoms with Crippen molar-refractivity contribution in [2.75, 3.05) is 5.75 Å². The van der Waals surface area contributed by atoms with Crippen LogP contribution in [0.5, 0.6) is 0 Å². The summed E-state index contributed by atoms with van der Waals surface area (Å²) in [7, 11) is 0. The summed E-state index contributed by atoms with van der Waals surface area (Å²) >= 11 is 8.64. The first-order valence-corrected chi connectivity index (χ1v) is 11.1. The predicted octanol–water partition coefficient (Wildman–Crippen LogP) is 5.34. The van der Waals surface area contributed by atoms with Crippen LogP contribution >= 0.6 is 34.7 Å². The number of thiophene rings is 1. The van der Waals surface area contributed by atoms with E-state index in [4.69, 9.17) is 21.0 Å². The average Bonchev–Trinajstić information content (AvgIpc) is 3.31. The van der Waals surface area contributed by atoms with Crippen molar-refractivity contribution < 1.29 is 9.21 Å². The van der Waals surface area contributed by atoms with Crippen LogP contribution in [-0.2, 0) is 6.54 Å². The number of hydrogen-bond acceptors (Lipinski definition) is 6. The van der Waals surface area contributed by atoms with Crippen molar-refractivity contribution in [3.8, 4) is 0 Å². The van der Waals surface area contributed by atoms with Crippen LogP contribution < -0.4 is 5.56 Å². The molecular weight excluding hydrogens is 428 g/mol. The Morgan fingerprint density at radius 3 is 2.69 bits per heavy atom. The highest BCUT2D eigenvalue weighted by molar-refractivity contribution is 7.99. The van der Waals surface area contributed by atoms with Gasteiger partial charge in [-0.25, -0.2) is 4.98 Å². The minimum absolute atomic E-state index is 0.0518. The van der Waals surface area contributed by atoms with Gasteiger partial charge in [0.15, 0.2) is 10.9 Å². The van der Waals surface area contributed by atoms with Crippen molar-refractivity contribution >= 4 is 50.7 Å². The molecule has 0 spiro atoms. The first kappa shape index (κ1) is 19.9. The lowest BCUT2D eigenvalue weighted by atomic mass is 10.1. The second-order valence-electron chi connectivity index (χ2n) is 6.55. The van der Waals surface area contributed by atoms with Crippen molar-refractivity contribution in [2.45, 2.75) is 25.5 Å². The molecule has 0 saturated heterocycles. The highest BCUT2D eigenvalue weighted by atomic mass is 35.5. The van der Waals surface area contributed by atoms with Gasteiger partial charge >= 0.3 is 0 Å². The summed E-state index contributed by atoms with van der Waals surface area (Å²) in [4.78, 5) is 32.3. The van der Waals surface area contributed by atoms with Gasteiger partial charge in [-0.1, -0.05) is 23.4 Å². The van der Waals surface area contributed by atoms with Crippen LogP contribution in [-0.4, -0.2) is 21.1 Å². The Labute approximate surface area is 180 Å². The van der Waals surface area contributed by atoms with Gasteiger partial charge in [0, 0.05) is 15.5 Å². The highest BCUT2D eigenvalue weighted by Crippen LogP contribution is 2.29. The van der Waals surface area contributed by atoms with Gasteiger partial charge in [0.05, 0.1) is 23.9 Å². The number of carbonyl (C=O) groups is 1. The van der Waals surface area contributed by atoms with E-state index in [9.17, 15) is 9.59 Å². The Bertz CT molecular complexity index is 1240. The van der Waals surface area contributed by atoms with E-state index in [1.54, 1.807) is 41.2 Å². The van der Waals surface area contributed by atoms with Crippen LogP contribution in [0.3, 0.4) is 0 Å². The molecular formula is C21H17ClN2O3S2. The third-order valence-electron chi connectivity index (χ3n) is 4.65. The van der Waals surface area contributed by atoms with Crippen LogP contribution in [0.4, 0.5) is 0 Å². The van der Waals surface area contributed by atoms with Gasteiger partial charge in [0.25, 0.3) is 5.56 Å². The maximum atomic E-state index is 13.2. The Morgan fingerprint density at radius 1 is 1.24 bits per heavy atom. The molecule has 4 rings (SSSR count). The zero-order chi connectivity index (χ0) is 20.5. The number of rotatable bonds is 6. The molecule has 148 valence electrons. The van der Waals surface area contributed by atoms with Gasteiger partial charge in [-0.3, -0.25) is 14.2 Å². The molecule has 0 N–H and O–H groups in total. The first-order valence-electron chi connectivity index (χ1n) is 8.88. The zero-order valence-corrected chi connectivity index (χ0v) is 18.2. The Balaban J connectivity index is 1.70. The second kappa shape index (κ2) is 8.18. The molecule has 0 aliphatic rings. The van der Waals surface area contributed by atoms with Gasteiger partial charge in [0.2, 0.25) is 0 Å². The smallest absolute Gasteiger partial charge is 0.263 e. The summed E-state index contributed by atoms with van der Waals surface area (Å²) in [6.45, 7) is 4.18. The second-order valence-corrected chi connectivity index (χ2v) is 9.13. The van der Waals surface area contributed by atoms with Gasteiger partial charge in [-0.15, -0.1) is 11.3 Å². The molecule has 3 aromatic heterocycles. The number of aryl methyl sites for hydroxylation is 2. The van der Waals surface area contributed by atoms with E-state index >= 15 is 0 Å². The number of hydrogen-bond donors (Lipinski definition) is 0. The van der Waals surface area contributed by atoms with Gasteiger partial charge < -0.3 is 4.42 Å². The highest BCUT2D eigenvalue weighted by Gasteiger charge is 2.19. The number of thioether (sulfide) groups is 1. The lowest BCUT2D eigenvalue weighted by molar-refractivity contribution is 0.102. The number of ketones is 1. The lowest BCUT2D eigenvalue weighted by Gasteiger charge is -2.11. The van der Waals surface area contributed by atoms with Crippen LogP contribution in [0.2, 0.25) is 5.02 Å². The minimum atomic E-state index is -0.116. The number of nitrogens with zero attached hydrogens (tertiary/aromatic N) is 2. The molecule has 4 aromatic rings. The van der Waals surface area contributed by atoms with Crippen molar-refractivity contribution in [1.29, 1.82) is 0 Å². The molecule has 0 amide bonds. The van der Waals surface area contributed by atoms with Crippen LogP contribution in [0.1, 0.15) is 26.6 Å². The van der Waals surface area contributed by atoms with Crippen molar-refractivity contribution in [3.05, 3.63) is 79.8 Å². The average molecular weight is 445 g/mol. The van der Waals surface area contributed by atoms with Crippen LogP contribution in [0.25, 0.3) is 10.2 Å². The fraction of sp³-hybridized carbons (Fsp3) is 0.190. The van der Waals surface area contributed by atoms with Crippen molar-refractivity contribution in [1.82, 2.24) is 9.55 Å². The molecule has 0 unspecified atom stereocenters. The van der Waals surface area contributed by atoms with E-state index in [0.717, 1.165) is 10.4 Å². The third-order valence-corrected chi connectivity index (χ3v) is 6.98. The summed E-state index contributed by atoms with van der Waals surface area (Å²) in [5.41, 5.74) is 1.41. The number of carbonyl (C=O) groups excluding carboxylic acids is 1. The standard InChI is InChI=1S/C21H17ClN2O3S2/c1-12-13(2)29-19-18(12)20(26)24(10-16-4-3-9-27-16)21(23-19)28-11-17(25)14-5-7-15(22)8-6-14/h3-9H,10-11H2,1-2H3. The zero-order valence-electron chi connectivity index (χ0n) is 15.8. The monoisotopic (exact) mass is 444 g/mol. The molecule has 3 heterocycles. The Kier molecular flexibility index (Phi) is 5.63. The van der Waals surface area contributed by atoms with E-state index in [2.05, 4.69) is 0 Å². The summed E-state index contributed by atoms with van der Waals surface area (Å²) < 4.78 is 7.01. The first-order chi connectivity index (χ1) is 13.9. The third kappa shape index (κ3) is 4.03. The van der Waals surface area contributed by atoms with Crippen LogP contribution in [0.15, 0.2) is 57.0 Å². The molecule has 5 nitrogen and oxygen atoms in total. The maximum Gasteiger partial charge on any atom is 0.263 e. The quantitative estimate of drug-likeness (QED) is 0.228. The van der Waals surface area contributed by atoms with Crippen molar-refractivity contribution in [2.24, 2.45) is 0 Å². The number of Topliss-reactive ketones (excluding diaryl/α,β-unsaturated/α-hetero) is 1. The summed E-state index contributed by atoms with van der Waals surface area (Å²) in [5, 5.41) is 1.71. The minimum Gasteiger partial charge on any atom is -0.467 e. The predicted molar refractivity (Wildman–Crippen MR) is 118 cm³/mol. The summed E-state index contributed by atoms with van der Waals surface area (Å²) in [6.07, 6.45) is 1.57. The Morgan fingerprint density at radius 2 is 2.00 bits per heavy atom. The largest absolute Gasteiger partial charge is 0.467 e. The van der Waals surface area contributed by atoms with E-state index < -0.39 is 0 Å². The van der Waals surface area contributed by atoms with Gasteiger partial charge in [-0.05, 0) is 55.8 Å². The SMILES string of the molecule is Cc1sc2nc(SCC(=O)c3ccc(Cl)cc3)n(Cc3ccco3)c(=O)c2c1C. The van der Waals surface area contributed by atoms with Gasteiger partial charge in [0.1, 0.15) is 10.6 Å². The number of halogens is 1. The number of furan rings is 1. The molecule has 0 aliphatic heterocycles. The molecule has 0 aliphatic carbocycles. The van der Waals surface area contributed by atoms with E-state index in [1.165, 1.54) is 23.1 Å². The van der Waals surface area contributed by atoms with E-state index in [-0.39, 0.29) is 23.6 Å². The topological polar surface area (TPSA) is 65.1 Å². The fourth-order valence-corrected chi connectivity index (χ4v) is 5.06. The molecule has 0 bridgehead atoms.